The zero-order valence-electron chi connectivity index (χ0n) is 17.8. The smallest absolute Gasteiger partial charge is 0.451 e. The van der Waals surface area contributed by atoms with Crippen LogP contribution < -0.4 is 16.4 Å². The number of carboxylic acid groups (broad SMARTS) is 1. The molecule has 1 fully saturated rings. The van der Waals surface area contributed by atoms with Crippen molar-refractivity contribution in [3.63, 3.8) is 0 Å². The van der Waals surface area contributed by atoms with Gasteiger partial charge in [0.2, 0.25) is 0 Å². The lowest BCUT2D eigenvalue weighted by atomic mass is 9.81. The van der Waals surface area contributed by atoms with Crippen molar-refractivity contribution in [1.82, 2.24) is 10.2 Å². The minimum absolute atomic E-state index is 0.0420. The summed E-state index contributed by atoms with van der Waals surface area (Å²) in [5.41, 5.74) is 6.33. The number of unbranched alkanes of at least 4 members (excludes halogenated alkanes) is 1. The van der Waals surface area contributed by atoms with Gasteiger partial charge in [-0.25, -0.2) is 4.79 Å². The van der Waals surface area contributed by atoms with Gasteiger partial charge in [0.25, 0.3) is 0 Å². The molecular weight excluding hydrogens is 423 g/mol. The molecule has 11 heteroatoms. The molecule has 31 heavy (non-hydrogen) atoms. The van der Waals surface area contributed by atoms with E-state index in [1.165, 1.54) is 0 Å². The summed E-state index contributed by atoms with van der Waals surface area (Å²) in [7, 11) is -1.37. The van der Waals surface area contributed by atoms with Crippen molar-refractivity contribution in [2.45, 2.75) is 56.9 Å². The lowest BCUT2D eigenvalue weighted by Crippen LogP contribution is -2.60. The largest absolute Gasteiger partial charge is 0.480 e. The predicted octanol–water partition coefficient (Wildman–Crippen LogP) is 1.66. The first kappa shape index (κ1) is 25.4. The molecule has 1 saturated heterocycles. The highest BCUT2D eigenvalue weighted by Gasteiger charge is 2.34. The number of carbonyl (C=O) groups is 2. The number of nitrogens with zero attached hydrogens (tertiary/aromatic N) is 1. The van der Waals surface area contributed by atoms with Gasteiger partial charge in [-0.2, -0.15) is 0 Å². The summed E-state index contributed by atoms with van der Waals surface area (Å²) in [5.74, 6) is -1.03. The number of amides is 2. The Balaban J connectivity index is 1.64. The van der Waals surface area contributed by atoms with Gasteiger partial charge in [-0.1, -0.05) is 24.4 Å². The standard InChI is InChI=1S/C20H32BClN4O5/c1-14-11-15(5-6-17(14)22)24-19(29)25-16-12-26(13-16)10-4-8-20(23,18(27)28)7-2-3-9-21(30)31/h5-6,11,16,30-31H,2-4,7-10,12-13,23H2,1H3,(H,27,28)(H2,24,25,29). The van der Waals surface area contributed by atoms with E-state index in [0.717, 1.165) is 5.56 Å². The molecule has 1 unspecified atom stereocenters. The number of hydrogen-bond donors (Lipinski definition) is 6. The molecule has 0 radical (unpaired) electrons. The van der Waals surface area contributed by atoms with Gasteiger partial charge >= 0.3 is 19.1 Å². The first-order valence-corrected chi connectivity index (χ1v) is 10.9. The van der Waals surface area contributed by atoms with E-state index < -0.39 is 18.6 Å². The lowest BCUT2D eigenvalue weighted by molar-refractivity contribution is -0.144. The van der Waals surface area contributed by atoms with Gasteiger partial charge in [-0.15, -0.1) is 0 Å². The number of nitrogens with two attached hydrogens (primary N) is 1. The molecule has 0 aliphatic carbocycles. The van der Waals surface area contributed by atoms with Crippen LogP contribution in [-0.2, 0) is 4.79 Å². The van der Waals surface area contributed by atoms with Crippen LogP contribution in [0, 0.1) is 6.92 Å². The molecule has 1 aliphatic heterocycles. The molecule has 172 valence electrons. The second-order valence-electron chi connectivity index (χ2n) is 8.31. The number of aliphatic carboxylic acids is 1. The summed E-state index contributed by atoms with van der Waals surface area (Å²) in [6.07, 6.45) is 2.52. The lowest BCUT2D eigenvalue weighted by Gasteiger charge is -2.40. The van der Waals surface area contributed by atoms with Crippen molar-refractivity contribution in [2.24, 2.45) is 5.73 Å². The fourth-order valence-corrected chi connectivity index (χ4v) is 3.76. The van der Waals surface area contributed by atoms with Crippen LogP contribution in [0.4, 0.5) is 10.5 Å². The summed E-state index contributed by atoms with van der Waals surface area (Å²) >= 11 is 5.99. The zero-order valence-corrected chi connectivity index (χ0v) is 18.6. The van der Waals surface area contributed by atoms with Crippen molar-refractivity contribution in [1.29, 1.82) is 0 Å². The minimum atomic E-state index is -1.37. The van der Waals surface area contributed by atoms with Crippen LogP contribution in [0.2, 0.25) is 11.3 Å². The maximum Gasteiger partial charge on any atom is 0.451 e. The monoisotopic (exact) mass is 454 g/mol. The van der Waals surface area contributed by atoms with E-state index >= 15 is 0 Å². The number of benzene rings is 1. The van der Waals surface area contributed by atoms with E-state index in [1.807, 2.05) is 13.0 Å². The Morgan fingerprint density at radius 2 is 1.94 bits per heavy atom. The number of urea groups is 1. The van der Waals surface area contributed by atoms with Crippen LogP contribution in [-0.4, -0.2) is 70.4 Å². The second kappa shape index (κ2) is 11.7. The van der Waals surface area contributed by atoms with Gasteiger partial charge in [0.15, 0.2) is 0 Å². The third-order valence-corrected chi connectivity index (χ3v) is 5.99. The van der Waals surface area contributed by atoms with Crippen LogP contribution in [0.15, 0.2) is 18.2 Å². The number of anilines is 1. The molecule has 1 atom stereocenters. The topological polar surface area (TPSA) is 148 Å². The number of halogens is 1. The van der Waals surface area contributed by atoms with Crippen LogP contribution in [0.3, 0.4) is 0 Å². The molecule has 0 spiro atoms. The zero-order chi connectivity index (χ0) is 23.0. The molecule has 9 nitrogen and oxygen atoms in total. The highest BCUT2D eigenvalue weighted by Crippen LogP contribution is 2.21. The van der Waals surface area contributed by atoms with E-state index in [-0.39, 0.29) is 18.4 Å². The first-order chi connectivity index (χ1) is 14.6. The molecule has 1 heterocycles. The molecule has 7 N–H and O–H groups in total. The molecule has 1 aliphatic rings. The van der Waals surface area contributed by atoms with E-state index in [4.69, 9.17) is 27.4 Å². The third-order valence-electron chi connectivity index (χ3n) is 5.57. The highest BCUT2D eigenvalue weighted by atomic mass is 35.5. The number of aryl methyl sites for hydroxylation is 1. The maximum atomic E-state index is 12.1. The quantitative estimate of drug-likeness (QED) is 0.208. The van der Waals surface area contributed by atoms with Crippen molar-refractivity contribution >= 4 is 36.4 Å². The Kier molecular flexibility index (Phi) is 9.58. The molecule has 1 aromatic carbocycles. The summed E-state index contributed by atoms with van der Waals surface area (Å²) < 4.78 is 0. The van der Waals surface area contributed by atoms with Gasteiger partial charge < -0.3 is 31.5 Å². The van der Waals surface area contributed by atoms with Gasteiger partial charge in [-0.3, -0.25) is 9.69 Å². The Labute approximate surface area is 188 Å². The van der Waals surface area contributed by atoms with Gasteiger partial charge in [-0.05, 0) is 62.8 Å². The summed E-state index contributed by atoms with van der Waals surface area (Å²) in [5, 5.41) is 33.6. The first-order valence-electron chi connectivity index (χ1n) is 10.5. The van der Waals surface area contributed by atoms with Crippen molar-refractivity contribution < 1.29 is 24.7 Å². The highest BCUT2D eigenvalue weighted by molar-refractivity contribution is 6.40. The number of likely N-dealkylation sites (tertiary alicyclic amines) is 1. The van der Waals surface area contributed by atoms with Crippen molar-refractivity contribution in [2.75, 3.05) is 25.0 Å². The second-order valence-corrected chi connectivity index (χ2v) is 8.72. The number of carboxylic acids is 1. The fraction of sp³-hybridized carbons (Fsp3) is 0.600. The summed E-state index contributed by atoms with van der Waals surface area (Å²) in [6, 6.07) is 5.06. The van der Waals surface area contributed by atoms with Crippen LogP contribution in [0.1, 0.15) is 37.7 Å². The average Bonchev–Trinajstić information content (AvgIpc) is 2.65. The van der Waals surface area contributed by atoms with Crippen LogP contribution in [0.5, 0.6) is 0 Å². The van der Waals surface area contributed by atoms with Gasteiger partial charge in [0, 0.05) is 23.8 Å². The van der Waals surface area contributed by atoms with E-state index in [9.17, 15) is 14.7 Å². The third kappa shape index (κ3) is 8.31. The van der Waals surface area contributed by atoms with Crippen molar-refractivity contribution in [3.05, 3.63) is 28.8 Å². The number of hydrogen-bond acceptors (Lipinski definition) is 6. The molecule has 0 bridgehead atoms. The van der Waals surface area contributed by atoms with E-state index in [1.54, 1.807) is 12.1 Å². The Hall–Kier alpha value is -1.85. The Morgan fingerprint density at radius 1 is 1.26 bits per heavy atom. The van der Waals surface area contributed by atoms with E-state index in [2.05, 4.69) is 15.5 Å². The average molecular weight is 455 g/mol. The van der Waals surface area contributed by atoms with Gasteiger partial charge in [0.1, 0.15) is 5.54 Å². The maximum absolute atomic E-state index is 12.1. The molecule has 1 aromatic rings. The molecule has 2 amide bonds. The number of rotatable bonds is 12. The number of nitrogens with one attached hydrogen (secondary N) is 2. The molecular formula is C20H32BClN4O5. The predicted molar refractivity (Wildman–Crippen MR) is 121 cm³/mol. The van der Waals surface area contributed by atoms with Crippen LogP contribution >= 0.6 is 11.6 Å². The summed E-state index contributed by atoms with van der Waals surface area (Å²) in [6.45, 7) is 3.98. The molecule has 0 saturated carbocycles. The molecule has 2 rings (SSSR count). The normalized spacial score (nSPS) is 16.3. The summed E-state index contributed by atoms with van der Waals surface area (Å²) in [4.78, 5) is 25.8. The van der Waals surface area contributed by atoms with Gasteiger partial charge in [0.05, 0.1) is 6.04 Å². The Bertz CT molecular complexity index is 763. The molecule has 0 aromatic heterocycles. The Morgan fingerprint density at radius 3 is 2.55 bits per heavy atom. The van der Waals surface area contributed by atoms with E-state index in [0.29, 0.717) is 62.4 Å². The fourth-order valence-electron chi connectivity index (χ4n) is 3.64. The SMILES string of the molecule is Cc1cc(NC(=O)NC2CN(CCCC(N)(CCCCB(O)O)C(=O)O)C2)ccc1Cl. The number of carbonyl (C=O) groups excluding carboxylic acids is 1. The van der Waals surface area contributed by atoms with Crippen LogP contribution in [0.25, 0.3) is 0 Å². The minimum Gasteiger partial charge on any atom is -0.480 e. The van der Waals surface area contributed by atoms with Crippen molar-refractivity contribution in [3.8, 4) is 0 Å².